The Morgan fingerprint density at radius 2 is 1.17 bits per heavy atom. The Bertz CT molecular complexity index is 371. The summed E-state index contributed by atoms with van der Waals surface area (Å²) in [5.41, 5.74) is 2.71. The van der Waals surface area contributed by atoms with Crippen molar-refractivity contribution < 1.29 is 0 Å². The number of hydrogen-bond acceptors (Lipinski definition) is 2. The molecule has 0 aromatic rings. The second kappa shape index (κ2) is 5.47. The summed E-state index contributed by atoms with van der Waals surface area (Å²) in [5.74, 6) is 0. The molecule has 0 saturated heterocycles. The van der Waals surface area contributed by atoms with Crippen molar-refractivity contribution in [3.8, 4) is 0 Å². The van der Waals surface area contributed by atoms with Gasteiger partial charge in [-0.15, -0.1) is 0 Å². The first-order valence-electron chi connectivity index (χ1n) is 6.86. The highest BCUT2D eigenvalue weighted by Gasteiger charge is 2.12. The van der Waals surface area contributed by atoms with Crippen molar-refractivity contribution in [3.63, 3.8) is 0 Å². The van der Waals surface area contributed by atoms with Gasteiger partial charge in [-0.05, 0) is 51.0 Å². The maximum atomic E-state index is 2.34. The van der Waals surface area contributed by atoms with Gasteiger partial charge in [-0.25, -0.2) is 0 Å². The Kier molecular flexibility index (Phi) is 3.95. The summed E-state index contributed by atoms with van der Waals surface area (Å²) in [5, 5.41) is 0. The van der Waals surface area contributed by atoms with Crippen LogP contribution >= 0.6 is 0 Å². The molecular formula is C16H24N2. The molecule has 0 bridgehead atoms. The van der Waals surface area contributed by atoms with Crippen molar-refractivity contribution in [2.75, 3.05) is 13.1 Å². The van der Waals surface area contributed by atoms with Crippen LogP contribution in [-0.2, 0) is 0 Å². The van der Waals surface area contributed by atoms with E-state index in [0.29, 0.717) is 12.1 Å². The van der Waals surface area contributed by atoms with Gasteiger partial charge in [-0.1, -0.05) is 12.2 Å². The molecule has 0 atom stereocenters. The second-order valence-electron chi connectivity index (χ2n) is 5.53. The Hall–Kier alpha value is -1.44. The van der Waals surface area contributed by atoms with Crippen LogP contribution in [0.2, 0.25) is 0 Å². The lowest BCUT2D eigenvalue weighted by atomic mass is 10.0. The van der Waals surface area contributed by atoms with Crippen molar-refractivity contribution >= 4 is 0 Å². The first kappa shape index (κ1) is 13.0. The molecule has 0 spiro atoms. The molecule has 2 heteroatoms. The molecule has 18 heavy (non-hydrogen) atoms. The van der Waals surface area contributed by atoms with Gasteiger partial charge in [-0.3, -0.25) is 0 Å². The van der Waals surface area contributed by atoms with Gasteiger partial charge in [0.2, 0.25) is 0 Å². The fourth-order valence-corrected chi connectivity index (χ4v) is 2.21. The molecule has 0 radical (unpaired) electrons. The molecule has 98 valence electrons. The van der Waals surface area contributed by atoms with E-state index in [1.54, 1.807) is 0 Å². The lowest BCUT2D eigenvalue weighted by molar-refractivity contribution is 0.336. The van der Waals surface area contributed by atoms with Crippen molar-refractivity contribution in [1.82, 2.24) is 9.80 Å². The molecule has 2 nitrogen and oxygen atoms in total. The highest BCUT2D eigenvalue weighted by molar-refractivity contribution is 5.48. The minimum Gasteiger partial charge on any atom is -0.371 e. The molecular weight excluding hydrogens is 220 g/mol. The maximum absolute atomic E-state index is 2.34. The number of hydrogen-bond donors (Lipinski definition) is 0. The zero-order chi connectivity index (χ0) is 13.1. The summed E-state index contributed by atoms with van der Waals surface area (Å²) < 4.78 is 0. The second-order valence-corrected chi connectivity index (χ2v) is 5.53. The minimum absolute atomic E-state index is 0.575. The third kappa shape index (κ3) is 2.87. The lowest BCUT2D eigenvalue weighted by Gasteiger charge is -2.29. The van der Waals surface area contributed by atoms with Crippen molar-refractivity contribution in [3.05, 3.63) is 47.9 Å². The van der Waals surface area contributed by atoms with Crippen molar-refractivity contribution in [2.24, 2.45) is 0 Å². The van der Waals surface area contributed by atoms with Gasteiger partial charge in [0, 0.05) is 37.6 Å². The molecule has 0 aromatic heterocycles. The van der Waals surface area contributed by atoms with Crippen LogP contribution in [0.15, 0.2) is 47.9 Å². The van der Waals surface area contributed by atoms with Crippen molar-refractivity contribution in [2.45, 2.75) is 39.8 Å². The van der Waals surface area contributed by atoms with E-state index in [9.17, 15) is 0 Å². The zero-order valence-electron chi connectivity index (χ0n) is 11.9. The summed E-state index contributed by atoms with van der Waals surface area (Å²) in [7, 11) is 0. The predicted molar refractivity (Wildman–Crippen MR) is 78.1 cm³/mol. The van der Waals surface area contributed by atoms with Gasteiger partial charge in [0.1, 0.15) is 0 Å². The van der Waals surface area contributed by atoms with Crippen LogP contribution in [-0.4, -0.2) is 35.0 Å². The average Bonchev–Trinajstić information content (AvgIpc) is 2.39. The molecule has 0 aliphatic carbocycles. The first-order chi connectivity index (χ1) is 8.58. The highest BCUT2D eigenvalue weighted by Crippen LogP contribution is 2.21. The van der Waals surface area contributed by atoms with E-state index in [4.69, 9.17) is 0 Å². The fraction of sp³-hybridized carbons (Fsp3) is 0.500. The fourth-order valence-electron chi connectivity index (χ4n) is 2.21. The first-order valence-corrected chi connectivity index (χ1v) is 6.86. The molecule has 2 rings (SSSR count). The average molecular weight is 244 g/mol. The van der Waals surface area contributed by atoms with E-state index in [2.05, 4.69) is 74.2 Å². The summed E-state index contributed by atoms with van der Waals surface area (Å²) >= 11 is 0. The summed E-state index contributed by atoms with van der Waals surface area (Å²) in [6, 6.07) is 1.15. The third-order valence-electron chi connectivity index (χ3n) is 3.60. The van der Waals surface area contributed by atoms with Crippen LogP contribution in [0.25, 0.3) is 0 Å². The topological polar surface area (TPSA) is 6.48 Å². The largest absolute Gasteiger partial charge is 0.371 e. The molecule has 2 aliphatic rings. The van der Waals surface area contributed by atoms with E-state index >= 15 is 0 Å². The van der Waals surface area contributed by atoms with E-state index in [-0.39, 0.29) is 0 Å². The number of nitrogens with zero attached hydrogens (tertiary/aromatic N) is 2. The van der Waals surface area contributed by atoms with Gasteiger partial charge in [0.25, 0.3) is 0 Å². The monoisotopic (exact) mass is 244 g/mol. The van der Waals surface area contributed by atoms with Crippen LogP contribution < -0.4 is 0 Å². The highest BCUT2D eigenvalue weighted by atomic mass is 15.1. The number of rotatable bonds is 3. The van der Waals surface area contributed by atoms with E-state index < -0.39 is 0 Å². The molecule has 2 aliphatic heterocycles. The Labute approximate surface area is 111 Å². The summed E-state index contributed by atoms with van der Waals surface area (Å²) in [6.07, 6.45) is 13.5. The molecule has 0 aromatic carbocycles. The SMILES string of the molecule is CC(C)N1C=CC(C2=CCN(C(C)C)C=C2)=CC1. The standard InChI is InChI=1S/C16H24N2/c1-13(2)17-9-5-15(6-10-17)16-7-11-18(12-8-16)14(3)4/h5-9,11,13-14H,10,12H2,1-4H3. The van der Waals surface area contributed by atoms with Crippen molar-refractivity contribution in [1.29, 1.82) is 0 Å². The van der Waals surface area contributed by atoms with E-state index in [0.717, 1.165) is 13.1 Å². The molecule has 0 N–H and O–H groups in total. The van der Waals surface area contributed by atoms with Gasteiger partial charge in [-0.2, -0.15) is 0 Å². The quantitative estimate of drug-likeness (QED) is 0.751. The maximum Gasteiger partial charge on any atom is 0.0365 e. The smallest absolute Gasteiger partial charge is 0.0365 e. The van der Waals surface area contributed by atoms with Crippen LogP contribution in [0.5, 0.6) is 0 Å². The molecule has 0 amide bonds. The lowest BCUT2D eigenvalue weighted by Crippen LogP contribution is -2.28. The molecule has 0 fully saturated rings. The van der Waals surface area contributed by atoms with Crippen LogP contribution in [0.3, 0.4) is 0 Å². The van der Waals surface area contributed by atoms with Gasteiger partial charge >= 0.3 is 0 Å². The zero-order valence-corrected chi connectivity index (χ0v) is 11.9. The Balaban J connectivity index is 2.00. The normalized spacial score (nSPS) is 19.7. The number of allylic oxidation sites excluding steroid dienone is 4. The Morgan fingerprint density at radius 1 is 0.778 bits per heavy atom. The Morgan fingerprint density at radius 3 is 1.39 bits per heavy atom. The van der Waals surface area contributed by atoms with Crippen LogP contribution in [0, 0.1) is 0 Å². The molecule has 0 unspecified atom stereocenters. The van der Waals surface area contributed by atoms with E-state index in [1.165, 1.54) is 11.1 Å². The van der Waals surface area contributed by atoms with E-state index in [1.807, 2.05) is 0 Å². The molecule has 2 heterocycles. The minimum atomic E-state index is 0.575. The van der Waals surface area contributed by atoms with Gasteiger partial charge < -0.3 is 9.80 Å². The third-order valence-corrected chi connectivity index (χ3v) is 3.60. The summed E-state index contributed by atoms with van der Waals surface area (Å²) in [4.78, 5) is 4.69. The summed E-state index contributed by atoms with van der Waals surface area (Å²) in [6.45, 7) is 10.9. The van der Waals surface area contributed by atoms with Crippen LogP contribution in [0.4, 0.5) is 0 Å². The van der Waals surface area contributed by atoms with Gasteiger partial charge in [0.05, 0.1) is 0 Å². The molecule has 0 saturated carbocycles. The predicted octanol–water partition coefficient (Wildman–Crippen LogP) is 3.31. The van der Waals surface area contributed by atoms with Gasteiger partial charge in [0.15, 0.2) is 0 Å². The van der Waals surface area contributed by atoms with Crippen LogP contribution in [0.1, 0.15) is 27.7 Å².